The smallest absolute Gasteiger partial charge is 0.233 e. The summed E-state index contributed by atoms with van der Waals surface area (Å²) in [5, 5.41) is 0. The molecule has 1 aromatic carbocycles. The Morgan fingerprint density at radius 3 is 3.00 bits per heavy atom. The van der Waals surface area contributed by atoms with Gasteiger partial charge in [0.05, 0.1) is 5.75 Å². The number of nitrogens with zero attached hydrogens (tertiary/aromatic N) is 1. The number of rotatable bonds is 4. The summed E-state index contributed by atoms with van der Waals surface area (Å²) in [6.45, 7) is 3.53. The van der Waals surface area contributed by atoms with Crippen LogP contribution in [0.3, 0.4) is 0 Å². The van der Waals surface area contributed by atoms with Gasteiger partial charge in [-0.1, -0.05) is 18.2 Å². The van der Waals surface area contributed by atoms with E-state index in [1.807, 2.05) is 17.0 Å². The van der Waals surface area contributed by atoms with Crippen molar-refractivity contribution in [3.8, 4) is 0 Å². The molecule has 0 spiro atoms. The van der Waals surface area contributed by atoms with Gasteiger partial charge in [0, 0.05) is 24.0 Å². The number of aryl methyl sites for hydroxylation is 1. The molecule has 0 radical (unpaired) electrons. The molecular weight excluding hydrogens is 244 g/mol. The topological polar surface area (TPSA) is 46.3 Å². The molecule has 3 nitrogen and oxygen atoms in total. The Kier molecular flexibility index (Phi) is 4.66. The van der Waals surface area contributed by atoms with Crippen LogP contribution in [0.4, 0.5) is 0 Å². The van der Waals surface area contributed by atoms with E-state index >= 15 is 0 Å². The van der Waals surface area contributed by atoms with E-state index in [-0.39, 0.29) is 11.9 Å². The number of nitrogens with two attached hydrogens (primary N) is 1. The molecule has 1 atom stereocenters. The Morgan fingerprint density at radius 2 is 2.28 bits per heavy atom. The van der Waals surface area contributed by atoms with Gasteiger partial charge in [-0.05, 0) is 31.4 Å². The van der Waals surface area contributed by atoms with Gasteiger partial charge in [-0.2, -0.15) is 0 Å². The van der Waals surface area contributed by atoms with E-state index in [0.29, 0.717) is 12.3 Å². The molecule has 1 unspecified atom stereocenters. The van der Waals surface area contributed by atoms with Crippen LogP contribution < -0.4 is 5.73 Å². The lowest BCUT2D eigenvalue weighted by atomic mass is 10.2. The van der Waals surface area contributed by atoms with E-state index in [1.54, 1.807) is 11.8 Å². The summed E-state index contributed by atoms with van der Waals surface area (Å²) in [7, 11) is 0. The quantitative estimate of drug-likeness (QED) is 0.847. The third-order valence-electron chi connectivity index (χ3n) is 3.41. The van der Waals surface area contributed by atoms with Crippen molar-refractivity contribution >= 4 is 17.7 Å². The van der Waals surface area contributed by atoms with Gasteiger partial charge in [-0.3, -0.25) is 4.79 Å². The lowest BCUT2D eigenvalue weighted by molar-refractivity contribution is -0.128. The van der Waals surface area contributed by atoms with Crippen molar-refractivity contribution in [3.05, 3.63) is 29.8 Å². The Labute approximate surface area is 113 Å². The largest absolute Gasteiger partial charge is 0.338 e. The van der Waals surface area contributed by atoms with Gasteiger partial charge < -0.3 is 10.6 Å². The van der Waals surface area contributed by atoms with Crippen LogP contribution in [0.15, 0.2) is 29.2 Å². The number of amides is 1. The average molecular weight is 264 g/mol. The second-order valence-electron chi connectivity index (χ2n) is 4.67. The molecule has 18 heavy (non-hydrogen) atoms. The van der Waals surface area contributed by atoms with Crippen molar-refractivity contribution in [3.63, 3.8) is 0 Å². The molecular formula is C14H20N2OS. The maximum Gasteiger partial charge on any atom is 0.233 e. The third kappa shape index (κ3) is 3.06. The lowest BCUT2D eigenvalue weighted by Crippen LogP contribution is -2.40. The SMILES string of the molecule is Cc1ccccc1SCC(=O)N1CCCC1CN. The van der Waals surface area contributed by atoms with Crippen LogP contribution in [0, 0.1) is 6.92 Å². The molecule has 2 N–H and O–H groups in total. The van der Waals surface area contributed by atoms with Gasteiger partial charge in [0.15, 0.2) is 0 Å². The highest BCUT2D eigenvalue weighted by Gasteiger charge is 2.27. The molecule has 1 aromatic rings. The molecule has 4 heteroatoms. The molecule has 0 aliphatic carbocycles. The molecule has 0 bridgehead atoms. The van der Waals surface area contributed by atoms with E-state index in [0.717, 1.165) is 19.4 Å². The van der Waals surface area contributed by atoms with Crippen molar-refractivity contribution in [2.24, 2.45) is 5.73 Å². The highest BCUT2D eigenvalue weighted by Crippen LogP contribution is 2.24. The van der Waals surface area contributed by atoms with Crippen molar-refractivity contribution in [1.82, 2.24) is 4.90 Å². The summed E-state index contributed by atoms with van der Waals surface area (Å²) < 4.78 is 0. The minimum Gasteiger partial charge on any atom is -0.338 e. The first-order valence-electron chi connectivity index (χ1n) is 6.40. The zero-order chi connectivity index (χ0) is 13.0. The summed E-state index contributed by atoms with van der Waals surface area (Å²) in [4.78, 5) is 15.3. The maximum atomic E-state index is 12.1. The highest BCUT2D eigenvalue weighted by atomic mass is 32.2. The first-order chi connectivity index (χ1) is 8.72. The van der Waals surface area contributed by atoms with Gasteiger partial charge >= 0.3 is 0 Å². The van der Waals surface area contributed by atoms with E-state index in [1.165, 1.54) is 10.5 Å². The fourth-order valence-corrected chi connectivity index (χ4v) is 3.27. The number of hydrogen-bond acceptors (Lipinski definition) is 3. The van der Waals surface area contributed by atoms with Crippen LogP contribution in [0.5, 0.6) is 0 Å². The molecule has 1 aliphatic heterocycles. The van der Waals surface area contributed by atoms with Gasteiger partial charge in [-0.25, -0.2) is 0 Å². The number of likely N-dealkylation sites (tertiary alicyclic amines) is 1. The predicted octanol–water partition coefficient (Wildman–Crippen LogP) is 2.04. The minimum absolute atomic E-state index is 0.219. The Bertz CT molecular complexity index is 422. The number of benzene rings is 1. The second kappa shape index (κ2) is 6.25. The normalized spacial score (nSPS) is 19.2. The molecule has 1 saturated heterocycles. The number of hydrogen-bond donors (Lipinski definition) is 1. The van der Waals surface area contributed by atoms with Crippen LogP contribution in [-0.2, 0) is 4.79 Å². The summed E-state index contributed by atoms with van der Waals surface area (Å²) in [5.41, 5.74) is 6.92. The molecule has 98 valence electrons. The summed E-state index contributed by atoms with van der Waals surface area (Å²) in [6.07, 6.45) is 2.14. The van der Waals surface area contributed by atoms with Crippen LogP contribution in [0.2, 0.25) is 0 Å². The predicted molar refractivity (Wildman–Crippen MR) is 75.7 cm³/mol. The summed E-state index contributed by atoms with van der Waals surface area (Å²) >= 11 is 1.62. The fourth-order valence-electron chi connectivity index (χ4n) is 2.35. The number of carbonyl (C=O) groups is 1. The van der Waals surface area contributed by atoms with Crippen molar-refractivity contribution in [1.29, 1.82) is 0 Å². The zero-order valence-corrected chi connectivity index (χ0v) is 11.6. The minimum atomic E-state index is 0.219. The molecule has 1 fully saturated rings. The van der Waals surface area contributed by atoms with E-state index in [9.17, 15) is 4.79 Å². The Hall–Kier alpha value is -1.00. The highest BCUT2D eigenvalue weighted by molar-refractivity contribution is 8.00. The van der Waals surface area contributed by atoms with Gasteiger partial charge in [0.1, 0.15) is 0 Å². The van der Waals surface area contributed by atoms with E-state index in [2.05, 4.69) is 19.1 Å². The summed E-state index contributed by atoms with van der Waals surface area (Å²) in [5.74, 6) is 0.734. The van der Waals surface area contributed by atoms with Gasteiger partial charge in [0.25, 0.3) is 0 Å². The Morgan fingerprint density at radius 1 is 1.50 bits per heavy atom. The van der Waals surface area contributed by atoms with Crippen LogP contribution in [0.25, 0.3) is 0 Å². The molecule has 1 heterocycles. The molecule has 1 aliphatic rings. The molecule has 1 amide bonds. The fraction of sp³-hybridized carbons (Fsp3) is 0.500. The lowest BCUT2D eigenvalue weighted by Gasteiger charge is -2.23. The monoisotopic (exact) mass is 264 g/mol. The number of thioether (sulfide) groups is 1. The van der Waals surface area contributed by atoms with Crippen molar-refractivity contribution in [2.75, 3.05) is 18.8 Å². The first kappa shape index (κ1) is 13.4. The van der Waals surface area contributed by atoms with Crippen LogP contribution in [0.1, 0.15) is 18.4 Å². The van der Waals surface area contributed by atoms with E-state index in [4.69, 9.17) is 5.73 Å². The molecule has 2 rings (SSSR count). The van der Waals surface area contributed by atoms with Crippen molar-refractivity contribution < 1.29 is 4.79 Å². The maximum absolute atomic E-state index is 12.1. The summed E-state index contributed by atoms with van der Waals surface area (Å²) in [6, 6.07) is 8.43. The third-order valence-corrected chi connectivity index (χ3v) is 4.57. The average Bonchev–Trinajstić information content (AvgIpc) is 2.86. The van der Waals surface area contributed by atoms with Crippen LogP contribution in [-0.4, -0.2) is 35.7 Å². The van der Waals surface area contributed by atoms with Crippen LogP contribution >= 0.6 is 11.8 Å². The molecule has 0 saturated carbocycles. The Balaban J connectivity index is 1.90. The van der Waals surface area contributed by atoms with Gasteiger partial charge in [-0.15, -0.1) is 11.8 Å². The van der Waals surface area contributed by atoms with E-state index < -0.39 is 0 Å². The van der Waals surface area contributed by atoms with Crippen molar-refractivity contribution in [2.45, 2.75) is 30.7 Å². The first-order valence-corrected chi connectivity index (χ1v) is 7.39. The molecule has 0 aromatic heterocycles. The van der Waals surface area contributed by atoms with Gasteiger partial charge in [0.2, 0.25) is 5.91 Å². The standard InChI is InChI=1S/C14H20N2OS/c1-11-5-2-3-7-13(11)18-10-14(17)16-8-4-6-12(16)9-15/h2-3,5,7,12H,4,6,8-10,15H2,1H3. The second-order valence-corrected chi connectivity index (χ2v) is 5.69. The zero-order valence-electron chi connectivity index (χ0n) is 10.8. The number of carbonyl (C=O) groups excluding carboxylic acids is 1.